The van der Waals surface area contributed by atoms with Crippen LogP contribution >= 0.6 is 11.3 Å². The number of hydrogen-bond acceptors (Lipinski definition) is 3. The van der Waals surface area contributed by atoms with Crippen LogP contribution in [-0.2, 0) is 0 Å². The highest BCUT2D eigenvalue weighted by molar-refractivity contribution is 7.25. The van der Waals surface area contributed by atoms with Gasteiger partial charge in [0.05, 0.1) is 0 Å². The normalized spacial score (nSPS) is 11.8. The van der Waals surface area contributed by atoms with E-state index in [-0.39, 0.29) is 0 Å². The smallest absolute Gasteiger partial charge is 0.143 e. The van der Waals surface area contributed by atoms with Crippen LogP contribution in [0.2, 0.25) is 0 Å². The van der Waals surface area contributed by atoms with E-state index in [4.69, 9.17) is 4.42 Å². The van der Waals surface area contributed by atoms with Gasteiger partial charge in [-0.15, -0.1) is 11.3 Å². The van der Waals surface area contributed by atoms with Crippen LogP contribution in [0.3, 0.4) is 0 Å². The highest BCUT2D eigenvalue weighted by Gasteiger charge is 2.19. The molecular formula is C50H31NOS. The zero-order valence-corrected chi connectivity index (χ0v) is 29.5. The molecule has 9 aromatic carbocycles. The molecule has 2 aromatic heterocycles. The SMILES string of the molecule is c1ccc2c(-c3ccc(N(c4ccc(-c5c6ccccc6cc6c5oc5ccccc56)cc4)c4ccc5sc6ccccc6c5c4)cc3)cccc2c1. The summed E-state index contributed by atoms with van der Waals surface area (Å²) in [6.07, 6.45) is 0. The number of benzene rings is 9. The lowest BCUT2D eigenvalue weighted by Crippen LogP contribution is -2.09. The third kappa shape index (κ3) is 4.86. The summed E-state index contributed by atoms with van der Waals surface area (Å²) in [6, 6.07) is 68.0. The van der Waals surface area contributed by atoms with Crippen molar-refractivity contribution in [2.75, 3.05) is 4.90 Å². The minimum absolute atomic E-state index is 0.908. The molecule has 0 saturated carbocycles. The van der Waals surface area contributed by atoms with Crippen molar-refractivity contribution in [3.63, 3.8) is 0 Å². The van der Waals surface area contributed by atoms with Crippen LogP contribution < -0.4 is 4.90 Å². The molecule has 0 unspecified atom stereocenters. The first-order valence-corrected chi connectivity index (χ1v) is 18.8. The number of hydrogen-bond donors (Lipinski definition) is 0. The fraction of sp³-hybridized carbons (Fsp3) is 0. The number of anilines is 3. The van der Waals surface area contributed by atoms with Crippen molar-refractivity contribution in [2.45, 2.75) is 0 Å². The Morgan fingerprint density at radius 2 is 0.981 bits per heavy atom. The zero-order chi connectivity index (χ0) is 34.9. The van der Waals surface area contributed by atoms with Gasteiger partial charge in [-0.1, -0.05) is 127 Å². The Morgan fingerprint density at radius 1 is 0.377 bits per heavy atom. The summed E-state index contributed by atoms with van der Waals surface area (Å²) in [6.45, 7) is 0. The average molecular weight is 694 g/mol. The molecule has 0 aliphatic heterocycles. The largest absolute Gasteiger partial charge is 0.455 e. The molecule has 2 heterocycles. The molecule has 53 heavy (non-hydrogen) atoms. The van der Waals surface area contributed by atoms with E-state index in [2.05, 4.69) is 187 Å². The van der Waals surface area contributed by atoms with Gasteiger partial charge in [-0.25, -0.2) is 0 Å². The van der Waals surface area contributed by atoms with Gasteiger partial charge >= 0.3 is 0 Å². The van der Waals surface area contributed by atoms with Crippen LogP contribution in [0.15, 0.2) is 192 Å². The fourth-order valence-electron chi connectivity index (χ4n) is 8.15. The summed E-state index contributed by atoms with van der Waals surface area (Å²) in [5, 5.41) is 9.75. The van der Waals surface area contributed by atoms with Gasteiger partial charge < -0.3 is 9.32 Å². The van der Waals surface area contributed by atoms with E-state index in [1.807, 2.05) is 17.4 Å². The molecular weight excluding hydrogens is 663 g/mol. The number of para-hydroxylation sites is 1. The molecule has 3 heteroatoms. The molecule has 0 radical (unpaired) electrons. The van der Waals surface area contributed by atoms with Crippen LogP contribution in [0, 0.1) is 0 Å². The van der Waals surface area contributed by atoms with E-state index < -0.39 is 0 Å². The molecule has 0 fully saturated rings. The molecule has 248 valence electrons. The van der Waals surface area contributed by atoms with Crippen molar-refractivity contribution in [1.29, 1.82) is 0 Å². The third-order valence-corrected chi connectivity index (χ3v) is 11.8. The van der Waals surface area contributed by atoms with E-state index in [0.717, 1.165) is 50.1 Å². The van der Waals surface area contributed by atoms with Crippen LogP contribution in [0.5, 0.6) is 0 Å². The summed E-state index contributed by atoms with van der Waals surface area (Å²) in [4.78, 5) is 2.38. The van der Waals surface area contributed by atoms with Crippen molar-refractivity contribution in [2.24, 2.45) is 0 Å². The average Bonchev–Trinajstić information content (AvgIpc) is 3.78. The van der Waals surface area contributed by atoms with E-state index >= 15 is 0 Å². The van der Waals surface area contributed by atoms with Gasteiger partial charge in [0.25, 0.3) is 0 Å². The number of rotatable bonds is 5. The maximum Gasteiger partial charge on any atom is 0.143 e. The van der Waals surface area contributed by atoms with E-state index in [0.29, 0.717) is 0 Å². The van der Waals surface area contributed by atoms with Gasteiger partial charge in [0.1, 0.15) is 11.2 Å². The van der Waals surface area contributed by atoms with Crippen molar-refractivity contribution < 1.29 is 4.42 Å². The van der Waals surface area contributed by atoms with Crippen LogP contribution in [0.1, 0.15) is 0 Å². The monoisotopic (exact) mass is 693 g/mol. The molecule has 0 amide bonds. The Hall–Kier alpha value is -6.68. The second kappa shape index (κ2) is 11.9. The van der Waals surface area contributed by atoms with Crippen molar-refractivity contribution in [3.8, 4) is 22.3 Å². The van der Waals surface area contributed by atoms with Gasteiger partial charge in [0, 0.05) is 53.6 Å². The highest BCUT2D eigenvalue weighted by Crippen LogP contribution is 2.44. The molecule has 0 spiro atoms. The maximum atomic E-state index is 6.60. The number of furan rings is 1. The molecule has 0 saturated heterocycles. The predicted molar refractivity (Wildman–Crippen MR) is 227 cm³/mol. The van der Waals surface area contributed by atoms with Gasteiger partial charge in [-0.2, -0.15) is 0 Å². The molecule has 2 nitrogen and oxygen atoms in total. The molecule has 0 aliphatic rings. The second-order valence-electron chi connectivity index (χ2n) is 13.7. The lowest BCUT2D eigenvalue weighted by Gasteiger charge is -2.26. The van der Waals surface area contributed by atoms with Gasteiger partial charge in [-0.05, 0) is 98.9 Å². The third-order valence-electron chi connectivity index (χ3n) is 10.6. The van der Waals surface area contributed by atoms with Gasteiger partial charge in [0.2, 0.25) is 0 Å². The molecule has 0 atom stereocenters. The van der Waals surface area contributed by atoms with Crippen molar-refractivity contribution in [3.05, 3.63) is 188 Å². The Balaban J connectivity index is 1.08. The van der Waals surface area contributed by atoms with Crippen molar-refractivity contribution in [1.82, 2.24) is 0 Å². The summed E-state index contributed by atoms with van der Waals surface area (Å²) in [7, 11) is 0. The topological polar surface area (TPSA) is 16.4 Å². The minimum atomic E-state index is 0.908. The lowest BCUT2D eigenvalue weighted by atomic mass is 9.95. The summed E-state index contributed by atoms with van der Waals surface area (Å²) >= 11 is 1.85. The van der Waals surface area contributed by atoms with Crippen molar-refractivity contribution >= 4 is 92.1 Å². The molecule has 11 aromatic rings. The van der Waals surface area contributed by atoms with Crippen LogP contribution in [0.25, 0.3) is 85.9 Å². The predicted octanol–water partition coefficient (Wildman–Crippen LogP) is 15.1. The van der Waals surface area contributed by atoms with E-state index in [9.17, 15) is 0 Å². The standard InChI is InChI=1S/C50H31NOS/c1-3-13-39-32(10-1)12-9-17-40(39)33-20-24-36(25-21-33)51(38-28-29-48-44(31-38)43-16-6-8-19-47(43)53-48)37-26-22-34(23-27-37)49-41-14-4-2-11-35(41)30-45-42-15-5-7-18-46(42)52-50(45)49/h1-31H. The maximum absolute atomic E-state index is 6.60. The highest BCUT2D eigenvalue weighted by atomic mass is 32.1. The quantitative estimate of drug-likeness (QED) is 0.178. The Kier molecular flexibility index (Phi) is 6.76. The van der Waals surface area contributed by atoms with Gasteiger partial charge in [0.15, 0.2) is 0 Å². The molecule has 0 aliphatic carbocycles. The fourth-order valence-corrected chi connectivity index (χ4v) is 9.24. The number of thiophene rings is 1. The summed E-state index contributed by atoms with van der Waals surface area (Å²) in [5.41, 5.74) is 9.83. The first-order chi connectivity index (χ1) is 26.3. The Bertz CT molecular complexity index is 3160. The lowest BCUT2D eigenvalue weighted by molar-refractivity contribution is 0.670. The summed E-state index contributed by atoms with van der Waals surface area (Å²) in [5.74, 6) is 0. The van der Waals surface area contributed by atoms with E-state index in [1.54, 1.807) is 0 Å². The second-order valence-corrected chi connectivity index (χ2v) is 14.8. The Labute approximate surface area is 310 Å². The van der Waals surface area contributed by atoms with Crippen LogP contribution in [-0.4, -0.2) is 0 Å². The summed E-state index contributed by atoms with van der Waals surface area (Å²) < 4.78 is 9.20. The van der Waals surface area contributed by atoms with E-state index in [1.165, 1.54) is 52.8 Å². The Morgan fingerprint density at radius 3 is 1.79 bits per heavy atom. The molecule has 0 bridgehead atoms. The van der Waals surface area contributed by atoms with Crippen LogP contribution in [0.4, 0.5) is 17.1 Å². The van der Waals surface area contributed by atoms with Gasteiger partial charge in [-0.3, -0.25) is 0 Å². The molecule has 0 N–H and O–H groups in total. The molecule has 11 rings (SSSR count). The first kappa shape index (κ1) is 30.0. The zero-order valence-electron chi connectivity index (χ0n) is 28.7. The number of nitrogens with zero attached hydrogens (tertiary/aromatic N) is 1. The number of fused-ring (bicyclic) bond motifs is 8. The minimum Gasteiger partial charge on any atom is -0.455 e. The first-order valence-electron chi connectivity index (χ1n) is 18.0.